The molecule has 2 rings (SSSR count). The maximum absolute atomic E-state index is 13.6. The summed E-state index contributed by atoms with van der Waals surface area (Å²) in [6.45, 7) is 2.31. The lowest BCUT2D eigenvalue weighted by Crippen LogP contribution is -2.55. The Balaban J connectivity index is 2.32. The van der Waals surface area contributed by atoms with Crippen LogP contribution in [0.3, 0.4) is 0 Å². The van der Waals surface area contributed by atoms with Crippen LogP contribution in [-0.2, 0) is 18.6 Å². The first-order valence-corrected chi connectivity index (χ1v) is 8.27. The molecule has 1 fully saturated rings. The van der Waals surface area contributed by atoms with Gasteiger partial charge in [0.2, 0.25) is 0 Å². The number of nitrogens with zero attached hydrogens (tertiary/aromatic N) is 1. The van der Waals surface area contributed by atoms with Gasteiger partial charge in [0.25, 0.3) is 5.91 Å². The van der Waals surface area contributed by atoms with Crippen molar-refractivity contribution in [3.8, 4) is 0 Å². The number of phosphoric ester groups is 1. The number of hydrogen-bond acceptors (Lipinski definition) is 7. The molecular formula is C12H18FN2O8P. The van der Waals surface area contributed by atoms with E-state index in [2.05, 4.69) is 16.4 Å². The first kappa shape index (κ1) is 19.0. The third kappa shape index (κ3) is 3.38. The molecule has 0 aliphatic carbocycles. The van der Waals surface area contributed by atoms with Gasteiger partial charge in [-0.1, -0.05) is 6.58 Å². The Bertz CT molecular complexity index is 620. The van der Waals surface area contributed by atoms with E-state index >= 15 is 0 Å². The molecule has 10 nitrogen and oxygen atoms in total. The lowest BCUT2D eigenvalue weighted by molar-refractivity contribution is -0.147. The zero-order chi connectivity index (χ0) is 18.3. The van der Waals surface area contributed by atoms with Gasteiger partial charge < -0.3 is 35.0 Å². The Morgan fingerprint density at radius 1 is 1.58 bits per heavy atom. The number of alkyl halides is 1. The van der Waals surface area contributed by atoms with E-state index in [1.165, 1.54) is 6.20 Å². The van der Waals surface area contributed by atoms with Crippen LogP contribution in [-0.4, -0.2) is 67.6 Å². The van der Waals surface area contributed by atoms with Crippen LogP contribution >= 0.6 is 7.82 Å². The highest BCUT2D eigenvalue weighted by Gasteiger charge is 2.63. The standard InChI is InChI=1S/C12H18FN2O8P/c1-7-14-8(16)3-4-15(7)10-11(2,18)9(17)12(5-13,23-10)6-22-24(19,20)21/h3-4,9-10,17-18H,1,5-6H2,2H3,(H,14,16)(H2,19,20,21)/t9-,10+,11+,12+/m0/s1. The second-order valence-corrected chi connectivity index (χ2v) is 6.96. The Morgan fingerprint density at radius 3 is 2.71 bits per heavy atom. The molecule has 0 aromatic carbocycles. The average Bonchev–Trinajstić information content (AvgIpc) is 2.66. The fourth-order valence-electron chi connectivity index (χ4n) is 2.57. The van der Waals surface area contributed by atoms with Gasteiger partial charge in [-0.05, 0) is 6.92 Å². The van der Waals surface area contributed by atoms with Gasteiger partial charge >= 0.3 is 7.82 Å². The van der Waals surface area contributed by atoms with Gasteiger partial charge in [-0.3, -0.25) is 9.32 Å². The maximum atomic E-state index is 13.6. The molecule has 0 unspecified atom stereocenters. The highest BCUT2D eigenvalue weighted by Crippen LogP contribution is 2.45. The topological polar surface area (TPSA) is 149 Å². The molecule has 0 bridgehead atoms. The zero-order valence-electron chi connectivity index (χ0n) is 12.6. The van der Waals surface area contributed by atoms with Crippen LogP contribution in [0.1, 0.15) is 6.92 Å². The quantitative estimate of drug-likeness (QED) is 0.373. The molecular weight excluding hydrogens is 350 g/mol. The molecule has 0 aromatic heterocycles. The predicted molar refractivity (Wildman–Crippen MR) is 76.5 cm³/mol. The smallest absolute Gasteiger partial charge is 0.387 e. The molecule has 1 amide bonds. The van der Waals surface area contributed by atoms with E-state index in [4.69, 9.17) is 14.5 Å². The Morgan fingerprint density at radius 2 is 2.21 bits per heavy atom. The summed E-state index contributed by atoms with van der Waals surface area (Å²) in [5.74, 6) is -0.471. The summed E-state index contributed by atoms with van der Waals surface area (Å²) in [5, 5.41) is 23.2. The number of carbonyl (C=O) groups is 1. The van der Waals surface area contributed by atoms with Gasteiger partial charge in [-0.2, -0.15) is 0 Å². The number of aliphatic hydroxyl groups is 2. The molecule has 1 saturated heterocycles. The minimum absolute atomic E-state index is 0.00513. The minimum Gasteiger partial charge on any atom is -0.387 e. The van der Waals surface area contributed by atoms with E-state index < -0.39 is 50.5 Å². The zero-order valence-corrected chi connectivity index (χ0v) is 13.5. The molecule has 24 heavy (non-hydrogen) atoms. The minimum atomic E-state index is -4.96. The van der Waals surface area contributed by atoms with Crippen LogP contribution in [0.25, 0.3) is 0 Å². The van der Waals surface area contributed by atoms with Crippen molar-refractivity contribution in [3.63, 3.8) is 0 Å². The highest BCUT2D eigenvalue weighted by molar-refractivity contribution is 7.46. The van der Waals surface area contributed by atoms with Crippen molar-refractivity contribution in [1.29, 1.82) is 0 Å². The van der Waals surface area contributed by atoms with Crippen molar-refractivity contribution in [1.82, 2.24) is 10.2 Å². The predicted octanol–water partition coefficient (Wildman–Crippen LogP) is -1.31. The molecule has 0 aromatic rings. The van der Waals surface area contributed by atoms with E-state index in [-0.39, 0.29) is 5.82 Å². The van der Waals surface area contributed by atoms with Crippen molar-refractivity contribution in [2.24, 2.45) is 0 Å². The van der Waals surface area contributed by atoms with E-state index in [0.29, 0.717) is 0 Å². The number of halogens is 1. The van der Waals surface area contributed by atoms with Gasteiger partial charge in [0.15, 0.2) is 11.8 Å². The monoisotopic (exact) mass is 368 g/mol. The third-order valence-electron chi connectivity index (χ3n) is 3.82. The molecule has 12 heteroatoms. The van der Waals surface area contributed by atoms with E-state index in [0.717, 1.165) is 17.9 Å². The lowest BCUT2D eigenvalue weighted by Gasteiger charge is -2.37. The van der Waals surface area contributed by atoms with Gasteiger partial charge in [0.1, 0.15) is 24.2 Å². The number of nitrogens with one attached hydrogen (secondary N) is 1. The van der Waals surface area contributed by atoms with E-state index in [1.54, 1.807) is 0 Å². The number of hydrogen-bond donors (Lipinski definition) is 5. The molecule has 136 valence electrons. The molecule has 2 heterocycles. The van der Waals surface area contributed by atoms with Crippen LogP contribution in [0.2, 0.25) is 0 Å². The molecule has 0 saturated carbocycles. The van der Waals surface area contributed by atoms with Crippen molar-refractivity contribution >= 4 is 13.7 Å². The third-order valence-corrected chi connectivity index (χ3v) is 4.29. The highest BCUT2D eigenvalue weighted by atomic mass is 31.2. The van der Waals surface area contributed by atoms with Crippen molar-refractivity contribution in [2.75, 3.05) is 13.3 Å². The van der Waals surface area contributed by atoms with Crippen LogP contribution in [0, 0.1) is 0 Å². The Kier molecular flexibility index (Phi) is 4.90. The van der Waals surface area contributed by atoms with Crippen LogP contribution in [0.15, 0.2) is 24.7 Å². The van der Waals surface area contributed by atoms with Crippen molar-refractivity contribution in [3.05, 3.63) is 24.7 Å². The van der Waals surface area contributed by atoms with E-state index in [1.807, 2.05) is 0 Å². The molecule has 4 atom stereocenters. The summed E-state index contributed by atoms with van der Waals surface area (Å²) in [6.07, 6.45) is -0.967. The van der Waals surface area contributed by atoms with Gasteiger partial charge in [0.05, 0.1) is 6.61 Å². The van der Waals surface area contributed by atoms with Crippen molar-refractivity contribution < 1.29 is 43.0 Å². The lowest BCUT2D eigenvalue weighted by atomic mass is 9.88. The summed E-state index contributed by atoms with van der Waals surface area (Å²) >= 11 is 0. The SMILES string of the molecule is C=C1NC(=O)C=CN1[C@@H]1O[C@](CF)(COP(=O)(O)O)[C@@H](O)[C@@]1(C)O. The second-order valence-electron chi connectivity index (χ2n) is 5.72. The fraction of sp³-hybridized carbons (Fsp3) is 0.583. The number of ether oxygens (including phenoxy) is 1. The Labute approximate surface area is 136 Å². The number of rotatable bonds is 5. The maximum Gasteiger partial charge on any atom is 0.469 e. The largest absolute Gasteiger partial charge is 0.469 e. The van der Waals surface area contributed by atoms with Gasteiger partial charge in [-0.15, -0.1) is 0 Å². The summed E-state index contributed by atoms with van der Waals surface area (Å²) in [7, 11) is -4.96. The second kappa shape index (κ2) is 6.19. The van der Waals surface area contributed by atoms with Gasteiger partial charge in [-0.25, -0.2) is 8.96 Å². The number of amides is 1. The summed E-state index contributed by atoms with van der Waals surface area (Å²) in [6, 6.07) is 0. The first-order chi connectivity index (χ1) is 10.9. The number of aliphatic hydroxyl groups excluding tert-OH is 1. The molecule has 2 aliphatic rings. The van der Waals surface area contributed by atoms with E-state index in [9.17, 15) is 24.0 Å². The molecule has 0 radical (unpaired) electrons. The first-order valence-electron chi connectivity index (χ1n) is 6.74. The van der Waals surface area contributed by atoms with Gasteiger partial charge in [0, 0.05) is 12.3 Å². The normalized spacial score (nSPS) is 37.0. The van der Waals surface area contributed by atoms with Crippen LogP contribution < -0.4 is 5.32 Å². The summed E-state index contributed by atoms with van der Waals surface area (Å²) < 4.78 is 34.1. The summed E-state index contributed by atoms with van der Waals surface area (Å²) in [5.41, 5.74) is -4.29. The van der Waals surface area contributed by atoms with Crippen molar-refractivity contribution in [2.45, 2.75) is 30.5 Å². The molecule has 0 spiro atoms. The molecule has 5 N–H and O–H groups in total. The number of phosphoric acid groups is 1. The number of carbonyl (C=O) groups excluding carboxylic acids is 1. The Hall–Kier alpha value is -1.33. The summed E-state index contributed by atoms with van der Waals surface area (Å²) in [4.78, 5) is 30.0. The average molecular weight is 368 g/mol. The fourth-order valence-corrected chi connectivity index (χ4v) is 2.95. The van der Waals surface area contributed by atoms with Crippen LogP contribution in [0.5, 0.6) is 0 Å². The van der Waals surface area contributed by atoms with Crippen LogP contribution in [0.4, 0.5) is 4.39 Å². The molecule has 2 aliphatic heterocycles.